The number of aromatic nitrogens is 2. The molecule has 554 valence electrons. The molecule has 33 heteroatoms. The van der Waals surface area contributed by atoms with Crippen LogP contribution in [0.15, 0.2) is 146 Å². The highest BCUT2D eigenvalue weighted by molar-refractivity contribution is 6.00. The number of nitrogens with one attached hydrogen (secondary N) is 11. The lowest BCUT2D eigenvalue weighted by Gasteiger charge is -2.29. The number of benzene rings is 5. The van der Waals surface area contributed by atoms with Crippen LogP contribution in [0.2, 0.25) is 0 Å². The van der Waals surface area contributed by atoms with E-state index in [1.54, 1.807) is 48.5 Å². The van der Waals surface area contributed by atoms with Gasteiger partial charge in [0, 0.05) is 38.3 Å². The van der Waals surface area contributed by atoms with Crippen molar-refractivity contribution in [3.63, 3.8) is 0 Å². The van der Waals surface area contributed by atoms with Gasteiger partial charge in [-0.3, -0.25) is 57.5 Å². The molecule has 11 atom stereocenters. The van der Waals surface area contributed by atoms with Gasteiger partial charge in [0.15, 0.2) is 0 Å². The second kappa shape index (κ2) is 38.7. The van der Waals surface area contributed by atoms with Crippen LogP contribution in [0.5, 0.6) is 5.75 Å². The van der Waals surface area contributed by atoms with Crippen LogP contribution in [0, 0.1) is 0 Å². The lowest BCUT2D eigenvalue weighted by atomic mass is 9.98. The number of nitrogens with zero attached hydrogens (tertiary/aromatic N) is 1. The first-order valence-corrected chi connectivity index (χ1v) is 32.8. The molecule has 1 aromatic heterocycles. The Morgan fingerprint density at radius 3 is 1.38 bits per heavy atom. The average Bonchev–Trinajstić information content (AvgIpc) is 0.948. The molecule has 20 N–H and O–H groups in total. The van der Waals surface area contributed by atoms with Crippen LogP contribution in [0.1, 0.15) is 69.3 Å². The molecule has 0 bridgehead atoms. The number of amides is 10. The van der Waals surface area contributed by atoms with Crippen LogP contribution in [-0.2, 0) is 88.0 Å². The normalized spacial score (nSPS) is 14.3. The van der Waals surface area contributed by atoms with E-state index in [0.29, 0.717) is 16.8 Å². The Kier molecular flexibility index (Phi) is 30.2. The molecular formula is C71H85N13O20. The summed E-state index contributed by atoms with van der Waals surface area (Å²) in [5.74, 6) is -16.3. The van der Waals surface area contributed by atoms with E-state index < -0.39 is 188 Å². The Labute approximate surface area is 596 Å². The van der Waals surface area contributed by atoms with Crippen molar-refractivity contribution in [2.24, 2.45) is 5.73 Å². The minimum atomic E-state index is -2.08. The zero-order chi connectivity index (χ0) is 76.4. The molecule has 6 aromatic rings. The van der Waals surface area contributed by atoms with Crippen LogP contribution in [-0.4, -0.2) is 208 Å². The summed E-state index contributed by atoms with van der Waals surface area (Å²) in [4.78, 5) is 182. The highest BCUT2D eigenvalue weighted by Gasteiger charge is 2.39. The summed E-state index contributed by atoms with van der Waals surface area (Å²) in [5.41, 5.74) is 9.31. The van der Waals surface area contributed by atoms with Crippen LogP contribution < -0.4 is 58.9 Å². The van der Waals surface area contributed by atoms with Gasteiger partial charge in [0.2, 0.25) is 59.1 Å². The number of rotatable bonds is 39. The Bertz CT molecular complexity index is 3960. The van der Waals surface area contributed by atoms with E-state index in [4.69, 9.17) is 5.73 Å². The first-order chi connectivity index (χ1) is 49.3. The molecule has 0 unspecified atom stereocenters. The maximum Gasteiger partial charge on any atom is 0.326 e. The largest absolute Gasteiger partial charge is 0.508 e. The van der Waals surface area contributed by atoms with Crippen LogP contribution in [0.4, 0.5) is 0 Å². The van der Waals surface area contributed by atoms with Gasteiger partial charge in [0.1, 0.15) is 59.6 Å². The third-order valence-corrected chi connectivity index (χ3v) is 16.2. The second-order valence-electron chi connectivity index (χ2n) is 25.0. The zero-order valence-corrected chi connectivity index (χ0v) is 57.0. The van der Waals surface area contributed by atoms with E-state index in [1.807, 2.05) is 60.7 Å². The molecule has 1 heterocycles. The lowest BCUT2D eigenvalue weighted by Crippen LogP contribution is -2.63. The highest BCUT2D eigenvalue weighted by Crippen LogP contribution is 2.22. The van der Waals surface area contributed by atoms with E-state index >= 15 is 0 Å². The number of nitrogens with two attached hydrogens (primary N) is 1. The number of carbonyl (C=O) groups is 13. The van der Waals surface area contributed by atoms with Gasteiger partial charge in [-0.25, -0.2) is 9.78 Å². The standard InChI is InChI=1S/C71H85N13O20/c1-38(86)59(82-56(89)35-74-62(95)50(27-28-57(90)91)81-70(104)71(3,4)84-61(94)49(72)32-47-34-73-37-75-47)67(100)78-52(30-42-19-25-48(88)26-20-42)65(98)83-60(39(2)87)68(101)80-55(36-85)66(99)77-53(33-58(92)93)64(97)76-51(29-40-15-21-45(22-16-40)43-11-7-5-8-12-43)63(96)79-54(69(102)103)31-41-17-23-46(24-18-41)44-13-9-6-10-14-44/h5-26,34,37-39,49-55,59-60,85-88H,27-33,35-36,72H2,1-4H3,(H,73,75)(H,74,95)(H,76,97)(H,77,99)(H,78,100)(H,79,96)(H,80,101)(H,81,104)(H,82,89)(H,83,98)(H,84,94)(H,90,91)(H,92,93)(H,102,103)/t38-,39-,49+,50+,51+,52+,53+,54+,55+,59+,60+/m1/s1. The number of carboxylic acid groups (broad SMARTS) is 3. The number of H-pyrrole nitrogens is 1. The number of hydrogen-bond acceptors (Lipinski definition) is 19. The predicted molar refractivity (Wildman–Crippen MR) is 371 cm³/mol. The molecule has 6 rings (SSSR count). The quantitative estimate of drug-likeness (QED) is 0.0201. The molecule has 0 aliphatic rings. The number of imidazole rings is 1. The minimum Gasteiger partial charge on any atom is -0.508 e. The molecule has 0 radical (unpaired) electrons. The first kappa shape index (κ1) is 81.0. The van der Waals surface area contributed by atoms with Crippen molar-refractivity contribution in [3.05, 3.63) is 168 Å². The SMILES string of the molecule is C[C@@H](O)[C@H](NC(=O)CNC(=O)[C@H](CCC(=O)O)NC(=O)C(C)(C)NC(=O)[C@@H](N)Cc1c[nH]cn1)C(=O)N[C@@H](Cc1ccc(O)cc1)C(=O)N[C@H](C(=O)N[C@@H](CO)C(=O)N[C@@H](CC(=O)O)C(=O)N[C@@H](Cc1ccc(-c2ccccc2)cc1)C(=O)N[C@@H](Cc1ccc(-c2ccccc2)cc1)C(=O)O)[C@@H](C)O. The third-order valence-electron chi connectivity index (χ3n) is 16.2. The van der Waals surface area contributed by atoms with Gasteiger partial charge in [0.05, 0.1) is 49.8 Å². The number of aromatic hydroxyl groups is 1. The Hall–Kier alpha value is -11.9. The Morgan fingerprint density at radius 1 is 0.481 bits per heavy atom. The van der Waals surface area contributed by atoms with Gasteiger partial charge in [-0.15, -0.1) is 0 Å². The van der Waals surface area contributed by atoms with Gasteiger partial charge in [-0.05, 0) is 85.2 Å². The summed E-state index contributed by atoms with van der Waals surface area (Å²) < 4.78 is 0. The van der Waals surface area contributed by atoms with Crippen molar-refractivity contribution in [1.29, 1.82) is 0 Å². The second-order valence-corrected chi connectivity index (χ2v) is 25.0. The molecule has 10 amide bonds. The van der Waals surface area contributed by atoms with E-state index in [1.165, 1.54) is 50.6 Å². The van der Waals surface area contributed by atoms with E-state index in [0.717, 1.165) is 36.1 Å². The minimum absolute atomic E-state index is 0.00900. The number of aliphatic hydroxyl groups excluding tert-OH is 3. The van der Waals surface area contributed by atoms with E-state index in [9.17, 15) is 98.1 Å². The van der Waals surface area contributed by atoms with Crippen LogP contribution >= 0.6 is 0 Å². The van der Waals surface area contributed by atoms with Crippen molar-refractivity contribution in [1.82, 2.24) is 63.1 Å². The smallest absolute Gasteiger partial charge is 0.326 e. The van der Waals surface area contributed by atoms with Crippen LogP contribution in [0.25, 0.3) is 22.3 Å². The van der Waals surface area contributed by atoms with E-state index in [2.05, 4.69) is 63.1 Å². The van der Waals surface area contributed by atoms with E-state index in [-0.39, 0.29) is 30.6 Å². The summed E-state index contributed by atoms with van der Waals surface area (Å²) in [6, 6.07) is 21.5. The van der Waals surface area contributed by atoms with Crippen molar-refractivity contribution < 1.29 is 98.1 Å². The fourth-order valence-electron chi connectivity index (χ4n) is 10.4. The van der Waals surface area contributed by atoms with Crippen LogP contribution in [0.3, 0.4) is 0 Å². The molecule has 0 spiro atoms. The molecule has 0 aliphatic heterocycles. The molecule has 5 aromatic carbocycles. The first-order valence-electron chi connectivity index (χ1n) is 32.8. The monoisotopic (exact) mass is 1440 g/mol. The fraction of sp³-hybridized carbons (Fsp3) is 0.352. The maximum absolute atomic E-state index is 14.3. The number of aliphatic carboxylic acids is 3. The summed E-state index contributed by atoms with van der Waals surface area (Å²) in [5, 5.41) is 95.0. The predicted octanol–water partition coefficient (Wildman–Crippen LogP) is -1.89. The lowest BCUT2D eigenvalue weighted by molar-refractivity contribution is -0.143. The van der Waals surface area contributed by atoms with Crippen molar-refractivity contribution in [2.75, 3.05) is 13.2 Å². The van der Waals surface area contributed by atoms with Gasteiger partial charge >= 0.3 is 17.9 Å². The third kappa shape index (κ3) is 25.3. The van der Waals surface area contributed by atoms with Gasteiger partial charge in [-0.2, -0.15) is 0 Å². The fourth-order valence-corrected chi connectivity index (χ4v) is 10.4. The Morgan fingerprint density at radius 2 is 0.913 bits per heavy atom. The highest BCUT2D eigenvalue weighted by atomic mass is 16.4. The number of carboxylic acids is 3. The topological polar surface area (TPSA) is 539 Å². The molecule has 0 fully saturated rings. The summed E-state index contributed by atoms with van der Waals surface area (Å²) in [6.45, 7) is 2.42. The van der Waals surface area contributed by atoms with Crippen molar-refractivity contribution >= 4 is 77.0 Å². The summed E-state index contributed by atoms with van der Waals surface area (Å²) in [6.07, 6.45) is -4.07. The molecule has 0 saturated heterocycles. The van der Waals surface area contributed by atoms with Gasteiger partial charge in [0.25, 0.3) is 0 Å². The molecule has 104 heavy (non-hydrogen) atoms. The maximum atomic E-state index is 14.3. The number of phenolic OH excluding ortho intramolecular Hbond substituents is 1. The van der Waals surface area contributed by atoms with Gasteiger partial charge in [-0.1, -0.05) is 121 Å². The number of aromatic amines is 1. The summed E-state index contributed by atoms with van der Waals surface area (Å²) >= 11 is 0. The molecule has 0 aliphatic carbocycles. The molecule has 33 nitrogen and oxygen atoms in total. The summed E-state index contributed by atoms with van der Waals surface area (Å²) in [7, 11) is 0. The molecular weight excluding hydrogens is 1350 g/mol. The molecule has 0 saturated carbocycles. The van der Waals surface area contributed by atoms with Crippen molar-refractivity contribution in [3.8, 4) is 28.0 Å². The number of hydrogen-bond donors (Lipinski definition) is 19. The van der Waals surface area contributed by atoms with Gasteiger partial charge < -0.3 is 99.6 Å². The number of aliphatic hydroxyl groups is 3. The number of phenols is 1. The zero-order valence-electron chi connectivity index (χ0n) is 57.0. The Balaban J connectivity index is 1.13. The average molecular weight is 1440 g/mol. The van der Waals surface area contributed by atoms with Crippen molar-refractivity contribution in [2.45, 2.75) is 145 Å². The number of carbonyl (C=O) groups excluding carboxylic acids is 10.